The quantitative estimate of drug-likeness (QED) is 0.877. The molecule has 102 valence electrons. The zero-order valence-electron chi connectivity index (χ0n) is 11.8. The van der Waals surface area contributed by atoms with E-state index in [-0.39, 0.29) is 23.1 Å². The first-order valence-corrected chi connectivity index (χ1v) is 6.09. The molecule has 0 spiro atoms. The van der Waals surface area contributed by atoms with Gasteiger partial charge >= 0.3 is 0 Å². The first-order chi connectivity index (χ1) is 8.24. The highest BCUT2D eigenvalue weighted by atomic mass is 19.1. The molecule has 0 aliphatic carbocycles. The van der Waals surface area contributed by atoms with E-state index in [1.807, 2.05) is 39.8 Å². The molecule has 1 unspecified atom stereocenters. The number of nitrogens with zero attached hydrogens (tertiary/aromatic N) is 1. The van der Waals surface area contributed by atoms with Gasteiger partial charge in [0.2, 0.25) is 0 Å². The first kappa shape index (κ1) is 14.9. The van der Waals surface area contributed by atoms with Gasteiger partial charge in [0.25, 0.3) is 0 Å². The number of halogens is 1. The van der Waals surface area contributed by atoms with Crippen LogP contribution in [0.2, 0.25) is 0 Å². The fraction of sp³-hybridized carbons (Fsp3) is 0.571. The molecule has 1 atom stereocenters. The Labute approximate surface area is 109 Å². The minimum absolute atomic E-state index is 0.147. The minimum Gasteiger partial charge on any atom is -0.489 e. The van der Waals surface area contributed by atoms with Gasteiger partial charge in [-0.15, -0.1) is 0 Å². The average Bonchev–Trinajstić information content (AvgIpc) is 2.26. The second-order valence-corrected chi connectivity index (χ2v) is 5.47. The van der Waals surface area contributed by atoms with E-state index >= 15 is 0 Å². The molecule has 0 radical (unpaired) electrons. The molecule has 0 saturated carbocycles. The normalized spacial score (nSPS) is 13.8. The molecule has 4 heteroatoms. The van der Waals surface area contributed by atoms with Crippen molar-refractivity contribution >= 4 is 0 Å². The highest BCUT2D eigenvalue weighted by Crippen LogP contribution is 2.22. The summed E-state index contributed by atoms with van der Waals surface area (Å²) < 4.78 is 19.3. The van der Waals surface area contributed by atoms with E-state index in [1.165, 1.54) is 6.07 Å². The molecule has 0 aliphatic rings. The van der Waals surface area contributed by atoms with Gasteiger partial charge in [-0.2, -0.15) is 0 Å². The number of hydrogen-bond acceptors (Lipinski definition) is 3. The number of likely N-dealkylation sites (N-methyl/N-ethyl adjacent to an activating group) is 1. The predicted octanol–water partition coefficient (Wildman–Crippen LogP) is 2.56. The molecule has 0 saturated heterocycles. The summed E-state index contributed by atoms with van der Waals surface area (Å²) in [7, 11) is 3.94. The maximum Gasteiger partial charge on any atom is 0.165 e. The van der Waals surface area contributed by atoms with Crippen LogP contribution in [0.3, 0.4) is 0 Å². The second kappa shape index (κ2) is 5.67. The zero-order valence-corrected chi connectivity index (χ0v) is 11.8. The van der Waals surface area contributed by atoms with Gasteiger partial charge < -0.3 is 15.4 Å². The second-order valence-electron chi connectivity index (χ2n) is 5.47. The monoisotopic (exact) mass is 254 g/mol. The van der Waals surface area contributed by atoms with Crippen LogP contribution in [0.25, 0.3) is 0 Å². The number of nitrogens with two attached hydrogens (primary N) is 1. The molecular formula is C14H23FN2O. The van der Waals surface area contributed by atoms with Crippen molar-refractivity contribution in [3.8, 4) is 5.75 Å². The van der Waals surface area contributed by atoms with Crippen molar-refractivity contribution in [2.75, 3.05) is 20.7 Å². The van der Waals surface area contributed by atoms with Gasteiger partial charge in [-0.05, 0) is 52.6 Å². The Bertz CT molecular complexity index is 403. The largest absolute Gasteiger partial charge is 0.489 e. The lowest BCUT2D eigenvalue weighted by Gasteiger charge is -2.32. The van der Waals surface area contributed by atoms with E-state index in [9.17, 15) is 4.39 Å². The Morgan fingerprint density at radius 3 is 2.44 bits per heavy atom. The van der Waals surface area contributed by atoms with Crippen LogP contribution in [0, 0.1) is 5.82 Å². The van der Waals surface area contributed by atoms with Crippen LogP contribution in [0.15, 0.2) is 18.2 Å². The molecule has 0 fully saturated rings. The van der Waals surface area contributed by atoms with E-state index in [0.717, 1.165) is 5.56 Å². The van der Waals surface area contributed by atoms with Crippen LogP contribution >= 0.6 is 0 Å². The summed E-state index contributed by atoms with van der Waals surface area (Å²) in [5.41, 5.74) is 6.33. The molecule has 0 aliphatic heterocycles. The summed E-state index contributed by atoms with van der Waals surface area (Å²) in [5, 5.41) is 0. The summed E-state index contributed by atoms with van der Waals surface area (Å²) >= 11 is 0. The lowest BCUT2D eigenvalue weighted by molar-refractivity contribution is 0.111. The van der Waals surface area contributed by atoms with Gasteiger partial charge in [-0.25, -0.2) is 4.39 Å². The predicted molar refractivity (Wildman–Crippen MR) is 72.3 cm³/mol. The topological polar surface area (TPSA) is 38.5 Å². The van der Waals surface area contributed by atoms with Crippen LogP contribution in [0.4, 0.5) is 4.39 Å². The van der Waals surface area contributed by atoms with Crippen LogP contribution in [-0.4, -0.2) is 31.1 Å². The lowest BCUT2D eigenvalue weighted by atomic mass is 10.1. The van der Waals surface area contributed by atoms with Crippen molar-refractivity contribution in [3.63, 3.8) is 0 Å². The van der Waals surface area contributed by atoms with Crippen LogP contribution in [-0.2, 0) is 0 Å². The number of ether oxygens (including phenoxy) is 1. The molecule has 1 rings (SSSR count). The molecule has 0 amide bonds. The summed E-state index contributed by atoms with van der Waals surface area (Å²) in [6.07, 6.45) is 0. The van der Waals surface area contributed by atoms with Crippen LogP contribution in [0.5, 0.6) is 5.75 Å². The molecule has 18 heavy (non-hydrogen) atoms. The van der Waals surface area contributed by atoms with Crippen LogP contribution in [0.1, 0.15) is 32.4 Å². The van der Waals surface area contributed by atoms with Crippen molar-refractivity contribution in [1.82, 2.24) is 4.90 Å². The van der Waals surface area contributed by atoms with Gasteiger partial charge in [0.15, 0.2) is 11.6 Å². The molecule has 2 N–H and O–H groups in total. The molecule has 1 aromatic rings. The van der Waals surface area contributed by atoms with Crippen molar-refractivity contribution < 1.29 is 9.13 Å². The smallest absolute Gasteiger partial charge is 0.165 e. The zero-order chi connectivity index (χ0) is 13.9. The number of rotatable bonds is 5. The molecular weight excluding hydrogens is 231 g/mol. The maximum absolute atomic E-state index is 13.8. The highest BCUT2D eigenvalue weighted by molar-refractivity contribution is 5.30. The Hall–Kier alpha value is -1.13. The van der Waals surface area contributed by atoms with Gasteiger partial charge in [-0.1, -0.05) is 6.07 Å². The fourth-order valence-corrected chi connectivity index (χ4v) is 1.30. The minimum atomic E-state index is -0.362. The van der Waals surface area contributed by atoms with Crippen molar-refractivity contribution in [3.05, 3.63) is 29.6 Å². The standard InChI is InChI=1S/C14H23FN2O/c1-10(16)11-6-7-13(12(15)8-11)18-9-14(2,3)17(4)5/h6-8,10H,9,16H2,1-5H3. The number of benzene rings is 1. The average molecular weight is 254 g/mol. The Morgan fingerprint density at radius 1 is 1.39 bits per heavy atom. The van der Waals surface area contributed by atoms with Crippen molar-refractivity contribution in [1.29, 1.82) is 0 Å². The highest BCUT2D eigenvalue weighted by Gasteiger charge is 2.22. The van der Waals surface area contributed by atoms with Crippen molar-refractivity contribution in [2.45, 2.75) is 32.4 Å². The third-order valence-corrected chi connectivity index (χ3v) is 3.27. The SMILES string of the molecule is CC(N)c1ccc(OCC(C)(C)N(C)C)c(F)c1. The molecule has 3 nitrogen and oxygen atoms in total. The summed E-state index contributed by atoms with van der Waals surface area (Å²) in [5.74, 6) is -0.0892. The van der Waals surface area contributed by atoms with Gasteiger partial charge in [0.05, 0.1) is 0 Å². The Balaban J connectivity index is 2.75. The van der Waals surface area contributed by atoms with E-state index in [4.69, 9.17) is 10.5 Å². The van der Waals surface area contributed by atoms with Crippen LogP contribution < -0.4 is 10.5 Å². The summed E-state index contributed by atoms with van der Waals surface area (Å²) in [6, 6.07) is 4.69. The Kier molecular flexibility index (Phi) is 4.71. The summed E-state index contributed by atoms with van der Waals surface area (Å²) in [6.45, 7) is 6.33. The third kappa shape index (κ3) is 3.68. The van der Waals surface area contributed by atoms with Gasteiger partial charge in [0.1, 0.15) is 6.61 Å². The van der Waals surface area contributed by atoms with E-state index in [1.54, 1.807) is 12.1 Å². The van der Waals surface area contributed by atoms with E-state index < -0.39 is 0 Å². The third-order valence-electron chi connectivity index (χ3n) is 3.27. The summed E-state index contributed by atoms with van der Waals surface area (Å²) in [4.78, 5) is 2.04. The lowest BCUT2D eigenvalue weighted by Crippen LogP contribution is -2.43. The van der Waals surface area contributed by atoms with E-state index in [0.29, 0.717) is 6.61 Å². The van der Waals surface area contributed by atoms with Crippen molar-refractivity contribution in [2.24, 2.45) is 5.73 Å². The van der Waals surface area contributed by atoms with Gasteiger partial charge in [0, 0.05) is 11.6 Å². The van der Waals surface area contributed by atoms with Gasteiger partial charge in [-0.3, -0.25) is 0 Å². The first-order valence-electron chi connectivity index (χ1n) is 6.09. The molecule has 0 bridgehead atoms. The molecule has 1 aromatic carbocycles. The molecule has 0 aromatic heterocycles. The Morgan fingerprint density at radius 2 is 2.00 bits per heavy atom. The number of hydrogen-bond donors (Lipinski definition) is 1. The maximum atomic E-state index is 13.8. The fourth-order valence-electron chi connectivity index (χ4n) is 1.30. The van der Waals surface area contributed by atoms with E-state index in [2.05, 4.69) is 0 Å². The molecule has 0 heterocycles.